The van der Waals surface area contributed by atoms with Crippen LogP contribution in [0.4, 0.5) is 23.7 Å². The van der Waals surface area contributed by atoms with Crippen LogP contribution in [-0.2, 0) is 19.6 Å². The minimum absolute atomic E-state index is 0.227. The lowest BCUT2D eigenvalue weighted by Gasteiger charge is -2.30. The van der Waals surface area contributed by atoms with E-state index in [4.69, 9.17) is 0 Å². The van der Waals surface area contributed by atoms with Crippen molar-refractivity contribution in [3.63, 3.8) is 0 Å². The highest BCUT2D eigenvalue weighted by atomic mass is 32.2. The number of benzene rings is 1. The van der Waals surface area contributed by atoms with Gasteiger partial charge in [-0.3, -0.25) is 14.5 Å². The third-order valence-corrected chi connectivity index (χ3v) is 6.41. The molecular weight excluding hydrogens is 429 g/mol. The number of hydrogen-bond acceptors (Lipinski definition) is 5. The molecule has 0 aromatic heterocycles. The molecular formula is C17H19F3N4O5S. The van der Waals surface area contributed by atoms with Gasteiger partial charge in [0.05, 0.1) is 4.90 Å². The average Bonchev–Trinajstić information content (AvgIpc) is 3.21. The third kappa shape index (κ3) is 3.86. The lowest BCUT2D eigenvalue weighted by molar-refractivity contribution is -0.198. The normalized spacial score (nSPS) is 23.0. The Morgan fingerprint density at radius 2 is 1.73 bits per heavy atom. The van der Waals surface area contributed by atoms with Crippen molar-refractivity contribution in [3.05, 3.63) is 24.3 Å². The lowest BCUT2D eigenvalue weighted by Crippen LogP contribution is -2.69. The Morgan fingerprint density at radius 1 is 1.17 bits per heavy atom. The van der Waals surface area contributed by atoms with E-state index in [1.165, 1.54) is 29.1 Å². The van der Waals surface area contributed by atoms with Gasteiger partial charge in [-0.2, -0.15) is 17.9 Å². The number of rotatable bonds is 5. The van der Waals surface area contributed by atoms with Crippen LogP contribution in [0.5, 0.6) is 0 Å². The second kappa shape index (κ2) is 7.54. The van der Waals surface area contributed by atoms with Gasteiger partial charge in [-0.25, -0.2) is 13.2 Å². The molecule has 1 atom stereocenters. The SMILES string of the molecule is CC(=O)Nc1ccc(S(=O)(=O)N[C@]2(C(F)(F)F)NC(=O)N(C3CCCC3)C2=O)cc1. The molecule has 13 heteroatoms. The first-order valence-corrected chi connectivity index (χ1v) is 10.5. The zero-order chi connectivity index (χ0) is 22.3. The Hall–Kier alpha value is -2.67. The van der Waals surface area contributed by atoms with Gasteiger partial charge < -0.3 is 10.6 Å². The highest BCUT2D eigenvalue weighted by Gasteiger charge is 2.70. The quantitative estimate of drug-likeness (QED) is 0.591. The summed E-state index contributed by atoms with van der Waals surface area (Å²) >= 11 is 0. The lowest BCUT2D eigenvalue weighted by atomic mass is 10.1. The highest BCUT2D eigenvalue weighted by molar-refractivity contribution is 7.89. The summed E-state index contributed by atoms with van der Waals surface area (Å²) in [6.07, 6.45) is -3.44. The van der Waals surface area contributed by atoms with Gasteiger partial charge in [-0.1, -0.05) is 12.8 Å². The highest BCUT2D eigenvalue weighted by Crippen LogP contribution is 2.38. The van der Waals surface area contributed by atoms with Gasteiger partial charge in [0, 0.05) is 18.7 Å². The van der Waals surface area contributed by atoms with E-state index in [1.807, 2.05) is 0 Å². The molecule has 1 saturated heterocycles. The summed E-state index contributed by atoms with van der Waals surface area (Å²) in [5.74, 6) is -2.13. The molecule has 2 aliphatic rings. The fourth-order valence-corrected chi connectivity index (χ4v) is 4.81. The van der Waals surface area contributed by atoms with Crippen LogP contribution in [0.25, 0.3) is 0 Å². The standard InChI is InChI=1S/C17H19F3N4O5S/c1-10(25)21-11-6-8-13(9-7-11)30(28,29)23-16(17(18,19)20)14(26)24(15(27)22-16)12-4-2-3-5-12/h6-9,12,23H,2-5H2,1H3,(H,21,25)(H,22,27)/t16-/m1/s1. The van der Waals surface area contributed by atoms with Crippen LogP contribution < -0.4 is 15.4 Å². The van der Waals surface area contributed by atoms with Gasteiger partial charge in [-0.05, 0) is 37.1 Å². The van der Waals surface area contributed by atoms with Crippen molar-refractivity contribution < 1.29 is 36.0 Å². The van der Waals surface area contributed by atoms with Crippen molar-refractivity contribution in [2.75, 3.05) is 5.32 Å². The molecule has 9 nitrogen and oxygen atoms in total. The number of anilines is 1. The van der Waals surface area contributed by atoms with Gasteiger partial charge in [-0.15, -0.1) is 0 Å². The van der Waals surface area contributed by atoms with Crippen LogP contribution >= 0.6 is 0 Å². The van der Waals surface area contributed by atoms with Crippen LogP contribution in [0.3, 0.4) is 0 Å². The predicted molar refractivity (Wildman–Crippen MR) is 97.5 cm³/mol. The molecule has 1 aromatic carbocycles. The minimum Gasteiger partial charge on any atom is -0.326 e. The smallest absolute Gasteiger partial charge is 0.326 e. The summed E-state index contributed by atoms with van der Waals surface area (Å²) in [6.45, 7) is 1.23. The molecule has 3 N–H and O–H groups in total. The van der Waals surface area contributed by atoms with Crippen molar-refractivity contribution in [1.29, 1.82) is 0 Å². The number of halogens is 3. The number of carbonyl (C=O) groups excluding carboxylic acids is 3. The van der Waals surface area contributed by atoms with Gasteiger partial charge in [0.2, 0.25) is 15.9 Å². The summed E-state index contributed by atoms with van der Waals surface area (Å²) in [7, 11) is -4.88. The molecule has 1 heterocycles. The van der Waals surface area contributed by atoms with E-state index in [9.17, 15) is 36.0 Å². The van der Waals surface area contributed by atoms with E-state index in [2.05, 4.69) is 5.32 Å². The number of nitrogens with zero attached hydrogens (tertiary/aromatic N) is 1. The summed E-state index contributed by atoms with van der Waals surface area (Å²) in [5.41, 5.74) is -3.58. The molecule has 1 aromatic rings. The van der Waals surface area contributed by atoms with Crippen LogP contribution in [0.2, 0.25) is 0 Å². The Labute approximate surface area is 170 Å². The largest absolute Gasteiger partial charge is 0.435 e. The maximum atomic E-state index is 13.9. The van der Waals surface area contributed by atoms with Gasteiger partial charge in [0.15, 0.2) is 0 Å². The fourth-order valence-electron chi connectivity index (χ4n) is 3.54. The van der Waals surface area contributed by atoms with Gasteiger partial charge in [0.1, 0.15) is 0 Å². The topological polar surface area (TPSA) is 125 Å². The van der Waals surface area contributed by atoms with E-state index in [-0.39, 0.29) is 5.69 Å². The fraction of sp³-hybridized carbons (Fsp3) is 0.471. The first-order valence-electron chi connectivity index (χ1n) is 9.01. The molecule has 1 saturated carbocycles. The van der Waals surface area contributed by atoms with Crippen LogP contribution in [0.1, 0.15) is 32.6 Å². The molecule has 30 heavy (non-hydrogen) atoms. The predicted octanol–water partition coefficient (Wildman–Crippen LogP) is 1.68. The molecule has 2 fully saturated rings. The Balaban J connectivity index is 1.94. The molecule has 1 aliphatic carbocycles. The summed E-state index contributed by atoms with van der Waals surface area (Å²) in [6, 6.07) is 2.27. The Bertz CT molecular complexity index is 974. The summed E-state index contributed by atoms with van der Waals surface area (Å²) < 4.78 is 68.4. The molecule has 0 bridgehead atoms. The Kier molecular flexibility index (Phi) is 5.54. The summed E-state index contributed by atoms with van der Waals surface area (Å²) in [5, 5.41) is 3.90. The van der Waals surface area contributed by atoms with Crippen LogP contribution in [-0.4, -0.2) is 49.0 Å². The second-order valence-corrected chi connectivity index (χ2v) is 8.78. The number of sulfonamides is 1. The van der Waals surface area contributed by atoms with Crippen LogP contribution in [0, 0.1) is 0 Å². The first kappa shape index (κ1) is 22.0. The molecule has 0 spiro atoms. The monoisotopic (exact) mass is 448 g/mol. The minimum atomic E-state index is -5.43. The number of alkyl halides is 3. The maximum absolute atomic E-state index is 13.9. The number of amides is 4. The van der Waals surface area contributed by atoms with E-state index in [0.29, 0.717) is 30.6 Å². The van der Waals surface area contributed by atoms with Crippen molar-refractivity contribution in [2.24, 2.45) is 0 Å². The summed E-state index contributed by atoms with van der Waals surface area (Å²) in [4.78, 5) is 35.8. The average molecular weight is 448 g/mol. The van der Waals surface area contributed by atoms with Gasteiger partial charge >= 0.3 is 12.2 Å². The van der Waals surface area contributed by atoms with Crippen molar-refractivity contribution in [3.8, 4) is 0 Å². The van der Waals surface area contributed by atoms with Crippen LogP contribution in [0.15, 0.2) is 29.2 Å². The molecule has 0 unspecified atom stereocenters. The molecule has 164 valence electrons. The zero-order valence-electron chi connectivity index (χ0n) is 15.7. The molecule has 1 aliphatic heterocycles. The molecule has 3 rings (SSSR count). The maximum Gasteiger partial charge on any atom is 0.435 e. The number of nitrogens with one attached hydrogen (secondary N) is 3. The Morgan fingerprint density at radius 3 is 2.23 bits per heavy atom. The zero-order valence-corrected chi connectivity index (χ0v) is 16.6. The van der Waals surface area contributed by atoms with E-state index >= 15 is 0 Å². The number of carbonyl (C=O) groups is 3. The number of hydrogen-bond donors (Lipinski definition) is 3. The van der Waals surface area contributed by atoms with Crippen molar-refractivity contribution >= 4 is 33.6 Å². The number of imide groups is 1. The van der Waals surface area contributed by atoms with Crippen molar-refractivity contribution in [2.45, 2.75) is 55.4 Å². The second-order valence-electron chi connectivity index (χ2n) is 7.10. The molecule has 4 amide bonds. The third-order valence-electron chi connectivity index (χ3n) is 4.94. The van der Waals surface area contributed by atoms with E-state index < -0.39 is 50.6 Å². The first-order chi connectivity index (χ1) is 13.9. The van der Waals surface area contributed by atoms with Crippen molar-refractivity contribution in [1.82, 2.24) is 14.9 Å². The van der Waals surface area contributed by atoms with E-state index in [1.54, 1.807) is 0 Å². The van der Waals surface area contributed by atoms with E-state index in [0.717, 1.165) is 12.1 Å². The number of urea groups is 1. The molecule has 0 radical (unpaired) electrons. The van der Waals surface area contributed by atoms with Gasteiger partial charge in [0.25, 0.3) is 11.6 Å².